The molecule has 17 nitrogen and oxygen atoms in total. The van der Waals surface area contributed by atoms with Gasteiger partial charge >= 0.3 is 22.4 Å². The number of carboxylic acids is 1. The fourth-order valence-corrected chi connectivity index (χ4v) is 4.44. The number of carboxylic acid groups (broad SMARTS) is 1. The molecule has 3 atom stereocenters. The fourth-order valence-electron chi connectivity index (χ4n) is 3.02. The van der Waals surface area contributed by atoms with E-state index in [1.54, 1.807) is 0 Å². The summed E-state index contributed by atoms with van der Waals surface area (Å²) >= 11 is 0.920. The topological polar surface area (TPSA) is 251 Å². The number of aromatic nitrogens is 1. The fraction of sp³-hybridized carbons (Fsp3) is 0.500. The molecule has 3 unspecified atom stereocenters. The molecule has 3 heterocycles. The minimum atomic E-state index is -5.07. The van der Waals surface area contributed by atoms with Crippen molar-refractivity contribution in [2.45, 2.75) is 37.8 Å². The van der Waals surface area contributed by atoms with Crippen LogP contribution in [0.4, 0.5) is 9.93 Å². The highest BCUT2D eigenvalue weighted by Gasteiger charge is 2.55. The molecule has 0 aromatic carbocycles. The third-order valence-electron chi connectivity index (χ3n) is 4.84. The van der Waals surface area contributed by atoms with Gasteiger partial charge in [-0.25, -0.2) is 18.9 Å². The number of β-amino-alcohol motifs (C(OH)–C–C–N with tert-alkyl or cyclic N) is 1. The molecule has 0 aliphatic carbocycles. The molecular formula is C16H20N6O11S2. The molecule has 2 aliphatic heterocycles. The van der Waals surface area contributed by atoms with Crippen LogP contribution in [0.2, 0.25) is 0 Å². The number of nitrogens with two attached hydrogens (primary N) is 1. The maximum atomic E-state index is 13.0. The average Bonchev–Trinajstić information content (AvgIpc) is 3.29. The van der Waals surface area contributed by atoms with Crippen molar-refractivity contribution in [1.82, 2.24) is 19.5 Å². The highest BCUT2D eigenvalue weighted by molar-refractivity contribution is 7.84. The predicted octanol–water partition coefficient (Wildman–Crippen LogP) is -2.42. The summed E-state index contributed by atoms with van der Waals surface area (Å²) < 4.78 is 37.3. The second kappa shape index (κ2) is 9.24. The molecule has 3 rings (SSSR count). The quantitative estimate of drug-likeness (QED) is 0.0954. The van der Waals surface area contributed by atoms with Gasteiger partial charge in [0.25, 0.3) is 11.8 Å². The Balaban J connectivity index is 1.87. The van der Waals surface area contributed by atoms with E-state index >= 15 is 0 Å². The van der Waals surface area contributed by atoms with Crippen molar-refractivity contribution >= 4 is 56.4 Å². The Morgan fingerprint density at radius 2 is 2.09 bits per heavy atom. The number of nitrogens with zero attached hydrogens (tertiary/aromatic N) is 4. The van der Waals surface area contributed by atoms with Gasteiger partial charge in [0.2, 0.25) is 11.9 Å². The maximum Gasteiger partial charge on any atom is 0.412 e. The lowest BCUT2D eigenvalue weighted by atomic mass is 9.97. The molecule has 0 spiro atoms. The van der Waals surface area contributed by atoms with Crippen LogP contribution >= 0.6 is 11.3 Å². The number of ether oxygens (including phenoxy) is 1. The first-order valence-electron chi connectivity index (χ1n) is 9.58. The number of amides is 3. The van der Waals surface area contributed by atoms with Crippen molar-refractivity contribution in [2.24, 2.45) is 5.16 Å². The first kappa shape index (κ1) is 26.1. The van der Waals surface area contributed by atoms with Crippen LogP contribution in [-0.2, 0) is 34.3 Å². The van der Waals surface area contributed by atoms with Crippen molar-refractivity contribution in [3.63, 3.8) is 0 Å². The van der Waals surface area contributed by atoms with Crippen molar-refractivity contribution < 1.29 is 51.9 Å². The largest absolute Gasteiger partial charge is 0.478 e. The summed E-state index contributed by atoms with van der Waals surface area (Å²) in [6, 6.07) is -3.05. The Hall–Kier alpha value is -3.55. The standard InChI is InChI=1S/C16H20N6O11S2/c1-16(2,13(26)27)33-20-9(6-5-34-14(17)18-6)11(24)19-10-7(22(12(10)25)35(29,30)31)3-21-4-8(23)32-15(21)28/h5,7-8,10,23H,3-4H2,1-2H3,(H2,17,18)(H,19,24)(H,26,27)(H,29,30,31)/b20-9-. The number of nitrogen functional groups attached to an aromatic ring is 1. The van der Waals surface area contributed by atoms with Gasteiger partial charge in [-0.05, 0) is 13.8 Å². The number of aliphatic carboxylic acids is 1. The van der Waals surface area contributed by atoms with E-state index in [0.29, 0.717) is 0 Å². The number of oxime groups is 1. The van der Waals surface area contributed by atoms with E-state index in [-0.39, 0.29) is 21.7 Å². The second-order valence-corrected chi connectivity index (χ2v) is 9.97. The number of hydrogen-bond acceptors (Lipinski definition) is 13. The van der Waals surface area contributed by atoms with Gasteiger partial charge < -0.3 is 30.8 Å². The molecule has 35 heavy (non-hydrogen) atoms. The average molecular weight is 537 g/mol. The molecule has 2 saturated heterocycles. The van der Waals surface area contributed by atoms with Crippen molar-refractivity contribution in [3.8, 4) is 0 Å². The van der Waals surface area contributed by atoms with Crippen LogP contribution in [0.3, 0.4) is 0 Å². The molecule has 19 heteroatoms. The molecule has 1 aromatic rings. The van der Waals surface area contributed by atoms with Crippen LogP contribution in [-0.4, -0.2) is 104 Å². The highest BCUT2D eigenvalue weighted by atomic mass is 32.2. The summed E-state index contributed by atoms with van der Waals surface area (Å²) in [7, 11) is -5.07. The summed E-state index contributed by atoms with van der Waals surface area (Å²) in [4.78, 5) is 58.2. The van der Waals surface area contributed by atoms with E-state index in [1.807, 2.05) is 0 Å². The van der Waals surface area contributed by atoms with Crippen molar-refractivity contribution in [3.05, 3.63) is 11.1 Å². The summed E-state index contributed by atoms with van der Waals surface area (Å²) in [5, 5.41) is 25.7. The predicted molar refractivity (Wildman–Crippen MR) is 114 cm³/mol. The van der Waals surface area contributed by atoms with Gasteiger partial charge in [0.1, 0.15) is 11.7 Å². The van der Waals surface area contributed by atoms with Crippen molar-refractivity contribution in [2.75, 3.05) is 18.8 Å². The Morgan fingerprint density at radius 1 is 1.43 bits per heavy atom. The third-order valence-corrected chi connectivity index (χ3v) is 6.47. The Labute approximate surface area is 201 Å². The minimum Gasteiger partial charge on any atom is -0.478 e. The molecule has 0 saturated carbocycles. The van der Waals surface area contributed by atoms with E-state index in [2.05, 4.69) is 20.2 Å². The number of aliphatic hydroxyl groups is 1. The number of aliphatic hydroxyl groups excluding tert-OH is 1. The summed E-state index contributed by atoms with van der Waals surface area (Å²) in [6.07, 6.45) is -2.50. The molecule has 3 amide bonds. The van der Waals surface area contributed by atoms with Crippen LogP contribution in [0.15, 0.2) is 10.5 Å². The monoisotopic (exact) mass is 536 g/mol. The van der Waals surface area contributed by atoms with E-state index in [9.17, 15) is 42.4 Å². The van der Waals surface area contributed by atoms with E-state index in [1.165, 1.54) is 5.38 Å². The number of nitrogens with one attached hydrogen (secondary N) is 1. The SMILES string of the molecule is CC(C)(O/N=C(\C(=O)NC1C(=O)N(S(=O)(=O)O)C1CN1CC(O)OC1=O)c1csc(N)n1)C(=O)O. The summed E-state index contributed by atoms with van der Waals surface area (Å²) in [6.45, 7) is 1.42. The van der Waals surface area contributed by atoms with Crippen molar-refractivity contribution in [1.29, 1.82) is 0 Å². The number of rotatable bonds is 9. The van der Waals surface area contributed by atoms with Gasteiger partial charge in [-0.15, -0.1) is 11.3 Å². The second-order valence-electron chi connectivity index (χ2n) is 7.79. The number of carbonyl (C=O) groups is 4. The first-order chi connectivity index (χ1) is 16.1. The van der Waals surface area contributed by atoms with E-state index < -0.39 is 70.4 Å². The lowest BCUT2D eigenvalue weighted by molar-refractivity contribution is -0.161. The lowest BCUT2D eigenvalue weighted by Gasteiger charge is -2.45. The van der Waals surface area contributed by atoms with Gasteiger partial charge in [-0.2, -0.15) is 8.42 Å². The zero-order valence-electron chi connectivity index (χ0n) is 18.0. The highest BCUT2D eigenvalue weighted by Crippen LogP contribution is 2.26. The van der Waals surface area contributed by atoms with Gasteiger partial charge in [-0.1, -0.05) is 5.16 Å². The number of carbonyl (C=O) groups excluding carboxylic acids is 3. The molecule has 6 N–H and O–H groups in total. The number of hydrogen-bond donors (Lipinski definition) is 5. The molecular weight excluding hydrogens is 516 g/mol. The molecule has 2 fully saturated rings. The lowest BCUT2D eigenvalue weighted by Crippen LogP contribution is -2.74. The van der Waals surface area contributed by atoms with Gasteiger partial charge in [0.15, 0.2) is 10.8 Å². The molecule has 192 valence electrons. The van der Waals surface area contributed by atoms with Gasteiger partial charge in [0, 0.05) is 11.9 Å². The van der Waals surface area contributed by atoms with Crippen LogP contribution in [0, 0.1) is 0 Å². The number of β-lactam (4-membered cyclic amide) rings is 1. The minimum absolute atomic E-state index is 0.0271. The van der Waals surface area contributed by atoms with Crippen LogP contribution in [0.5, 0.6) is 0 Å². The zero-order valence-corrected chi connectivity index (χ0v) is 19.6. The molecule has 0 radical (unpaired) electrons. The number of cyclic esters (lactones) is 1. The Kier molecular flexibility index (Phi) is 6.88. The smallest absolute Gasteiger partial charge is 0.412 e. The summed E-state index contributed by atoms with van der Waals surface area (Å²) in [5.74, 6) is -3.77. The Morgan fingerprint density at radius 3 is 2.57 bits per heavy atom. The van der Waals surface area contributed by atoms with Gasteiger partial charge in [0.05, 0.1) is 12.6 Å². The van der Waals surface area contributed by atoms with Crippen LogP contribution < -0.4 is 11.1 Å². The first-order valence-corrected chi connectivity index (χ1v) is 11.9. The normalized spacial score (nSPS) is 23.1. The number of anilines is 1. The zero-order chi connectivity index (χ0) is 26.3. The Bertz CT molecular complexity index is 1200. The molecule has 1 aromatic heterocycles. The van der Waals surface area contributed by atoms with Crippen LogP contribution in [0.1, 0.15) is 19.5 Å². The third kappa shape index (κ3) is 5.42. The van der Waals surface area contributed by atoms with E-state index in [4.69, 9.17) is 10.6 Å². The van der Waals surface area contributed by atoms with E-state index in [0.717, 1.165) is 30.1 Å². The maximum absolute atomic E-state index is 13.0. The van der Waals surface area contributed by atoms with Gasteiger partial charge in [-0.3, -0.25) is 19.0 Å². The molecule has 2 aliphatic rings. The molecule has 0 bridgehead atoms. The summed E-state index contributed by atoms with van der Waals surface area (Å²) in [5.41, 5.74) is 3.00. The van der Waals surface area contributed by atoms with Crippen LogP contribution in [0.25, 0.3) is 0 Å². The number of thiazole rings is 1.